The maximum atomic E-state index is 11.9. The van der Waals surface area contributed by atoms with E-state index >= 15 is 0 Å². The summed E-state index contributed by atoms with van der Waals surface area (Å²) in [5.74, 6) is -0.927. The van der Waals surface area contributed by atoms with E-state index in [1.54, 1.807) is 0 Å². The number of allylic oxidation sites excluding steroid dienone is 4. The molecule has 0 radical (unpaired) electrons. The molecule has 0 aromatic carbocycles. The summed E-state index contributed by atoms with van der Waals surface area (Å²) in [6.07, 6.45) is 41.7. The third-order valence-corrected chi connectivity index (χ3v) is 8.34. The fraction of sp³-hybridized carbons (Fsp3) is 0.825. The maximum absolute atomic E-state index is 11.9. The Labute approximate surface area is 284 Å². The smallest absolute Gasteiger partial charge is 0.306 e. The van der Waals surface area contributed by atoms with Crippen LogP contribution in [0.1, 0.15) is 194 Å². The van der Waals surface area contributed by atoms with Crippen LogP contribution in [-0.2, 0) is 23.9 Å². The first-order valence-corrected chi connectivity index (χ1v) is 19.5. The van der Waals surface area contributed by atoms with E-state index in [0.717, 1.165) is 51.4 Å². The molecule has 0 saturated carbocycles. The van der Waals surface area contributed by atoms with Crippen LogP contribution in [-0.4, -0.2) is 37.6 Å². The summed E-state index contributed by atoms with van der Waals surface area (Å²) in [6.45, 7) is 4.59. The number of carbonyl (C=O) groups excluding carboxylic acids is 3. The minimum atomic E-state index is -0.369. The molecule has 0 saturated heterocycles. The van der Waals surface area contributed by atoms with Gasteiger partial charge >= 0.3 is 11.9 Å². The molecular weight excluding hydrogens is 574 g/mol. The molecule has 0 aliphatic heterocycles. The fourth-order valence-corrected chi connectivity index (χ4v) is 5.38. The van der Waals surface area contributed by atoms with Gasteiger partial charge < -0.3 is 14.8 Å². The molecule has 0 atom stereocenters. The van der Waals surface area contributed by atoms with Crippen LogP contribution in [0, 0.1) is 0 Å². The Morgan fingerprint density at radius 3 is 1.22 bits per heavy atom. The quantitative estimate of drug-likeness (QED) is 0.0420. The van der Waals surface area contributed by atoms with E-state index in [-0.39, 0.29) is 37.6 Å². The van der Waals surface area contributed by atoms with Crippen LogP contribution in [0.25, 0.3) is 0 Å². The van der Waals surface area contributed by atoms with Crippen molar-refractivity contribution in [2.45, 2.75) is 194 Å². The highest BCUT2D eigenvalue weighted by Crippen LogP contribution is 2.12. The summed E-state index contributed by atoms with van der Waals surface area (Å²) >= 11 is 0. The molecule has 6 heteroatoms. The van der Waals surface area contributed by atoms with Gasteiger partial charge in [-0.2, -0.15) is 0 Å². The Morgan fingerprint density at radius 1 is 0.457 bits per heavy atom. The number of hydrogen-bond acceptors (Lipinski definition) is 5. The summed E-state index contributed by atoms with van der Waals surface area (Å²) in [4.78, 5) is 35.7. The first-order chi connectivity index (χ1) is 22.6. The third-order valence-electron chi connectivity index (χ3n) is 8.34. The summed E-state index contributed by atoms with van der Waals surface area (Å²) in [5, 5.41) is 2.63. The number of nitrogens with one attached hydrogen (secondary N) is 1. The average Bonchev–Trinajstić information content (AvgIpc) is 3.05. The van der Waals surface area contributed by atoms with Gasteiger partial charge in [0, 0.05) is 12.8 Å². The van der Waals surface area contributed by atoms with Gasteiger partial charge in [-0.25, -0.2) is 0 Å². The van der Waals surface area contributed by atoms with Crippen molar-refractivity contribution in [2.24, 2.45) is 0 Å². The van der Waals surface area contributed by atoms with Crippen LogP contribution in [0.5, 0.6) is 0 Å². The van der Waals surface area contributed by atoms with Gasteiger partial charge in [0.2, 0.25) is 0 Å². The molecule has 0 aromatic heterocycles. The second-order valence-electron chi connectivity index (χ2n) is 12.9. The van der Waals surface area contributed by atoms with Gasteiger partial charge in [0.15, 0.2) is 6.61 Å². The first-order valence-electron chi connectivity index (χ1n) is 19.5. The number of unbranched alkanes of at least 4 members (excludes halogenated alkanes) is 22. The van der Waals surface area contributed by atoms with Crippen molar-refractivity contribution < 1.29 is 23.9 Å². The molecule has 0 aliphatic carbocycles. The number of hydrogen-bond donors (Lipinski definition) is 1. The minimum absolute atomic E-state index is 0.137. The molecule has 0 rings (SSSR count). The van der Waals surface area contributed by atoms with Crippen LogP contribution in [0.15, 0.2) is 24.3 Å². The molecule has 0 aliphatic rings. The molecule has 0 bridgehead atoms. The predicted octanol–water partition coefficient (Wildman–Crippen LogP) is 11.3. The van der Waals surface area contributed by atoms with Crippen LogP contribution in [0.3, 0.4) is 0 Å². The highest BCUT2D eigenvalue weighted by molar-refractivity contribution is 5.80. The van der Waals surface area contributed by atoms with Crippen molar-refractivity contribution >= 4 is 17.8 Å². The van der Waals surface area contributed by atoms with Crippen molar-refractivity contribution in [1.29, 1.82) is 0 Å². The van der Waals surface area contributed by atoms with Crippen molar-refractivity contribution in [2.75, 3.05) is 19.8 Å². The van der Waals surface area contributed by atoms with E-state index in [2.05, 4.69) is 43.5 Å². The van der Waals surface area contributed by atoms with Gasteiger partial charge in [-0.1, -0.05) is 141 Å². The molecule has 0 aromatic rings. The van der Waals surface area contributed by atoms with Crippen molar-refractivity contribution in [3.8, 4) is 0 Å². The van der Waals surface area contributed by atoms with E-state index in [0.29, 0.717) is 12.8 Å². The van der Waals surface area contributed by atoms with Crippen molar-refractivity contribution in [3.05, 3.63) is 24.3 Å². The molecule has 268 valence electrons. The third kappa shape index (κ3) is 36.4. The van der Waals surface area contributed by atoms with Crippen molar-refractivity contribution in [3.63, 3.8) is 0 Å². The largest absolute Gasteiger partial charge is 0.464 e. The molecule has 1 N–H and O–H groups in total. The van der Waals surface area contributed by atoms with E-state index < -0.39 is 0 Å². The monoisotopic (exact) mass is 648 g/mol. The SMILES string of the molecule is CCCCCCCC/C=C\CCCCCCCC(=O)OCCNC(=O)COC(=O)CCCCCCC/C=C\CCCCCCCC. The molecule has 0 fully saturated rings. The van der Waals surface area contributed by atoms with E-state index in [4.69, 9.17) is 9.47 Å². The summed E-state index contributed by atoms with van der Waals surface area (Å²) in [6, 6.07) is 0. The zero-order valence-electron chi connectivity index (χ0n) is 30.3. The summed E-state index contributed by atoms with van der Waals surface area (Å²) < 4.78 is 10.3. The lowest BCUT2D eigenvalue weighted by molar-refractivity contribution is -0.148. The zero-order valence-corrected chi connectivity index (χ0v) is 30.3. The van der Waals surface area contributed by atoms with Gasteiger partial charge in [-0.05, 0) is 64.2 Å². The standard InChI is InChI=1S/C40H73NO5/c1-3-5-7-9-11-13-15-17-19-21-23-25-27-29-31-33-39(43)45-36-35-41-38(42)37-46-40(44)34-32-30-28-26-24-22-20-18-16-14-12-10-8-6-4-2/h17-20H,3-16,21-37H2,1-2H3,(H,41,42)/b19-17-,20-18-. The molecule has 0 spiro atoms. The second-order valence-corrected chi connectivity index (χ2v) is 12.9. The van der Waals surface area contributed by atoms with Gasteiger partial charge in [-0.3, -0.25) is 14.4 Å². The highest BCUT2D eigenvalue weighted by Gasteiger charge is 2.08. The normalized spacial score (nSPS) is 11.4. The fourth-order valence-electron chi connectivity index (χ4n) is 5.38. The van der Waals surface area contributed by atoms with Gasteiger partial charge in [0.1, 0.15) is 6.61 Å². The Morgan fingerprint density at radius 2 is 0.804 bits per heavy atom. The molecule has 0 heterocycles. The van der Waals surface area contributed by atoms with Crippen LogP contribution >= 0.6 is 0 Å². The average molecular weight is 648 g/mol. The number of ether oxygens (including phenoxy) is 2. The lowest BCUT2D eigenvalue weighted by Gasteiger charge is -2.08. The lowest BCUT2D eigenvalue weighted by Crippen LogP contribution is -2.32. The Bertz CT molecular complexity index is 748. The van der Waals surface area contributed by atoms with Gasteiger partial charge in [-0.15, -0.1) is 0 Å². The van der Waals surface area contributed by atoms with Crippen LogP contribution in [0.4, 0.5) is 0 Å². The Hall–Kier alpha value is -2.11. The van der Waals surface area contributed by atoms with E-state index in [9.17, 15) is 14.4 Å². The van der Waals surface area contributed by atoms with Gasteiger partial charge in [0.25, 0.3) is 5.91 Å². The molecule has 1 amide bonds. The Kier molecular flexibility index (Phi) is 35.6. The molecule has 46 heavy (non-hydrogen) atoms. The zero-order chi connectivity index (χ0) is 33.6. The Balaban J connectivity index is 3.43. The second kappa shape index (κ2) is 37.3. The van der Waals surface area contributed by atoms with E-state index in [1.165, 1.54) is 116 Å². The van der Waals surface area contributed by atoms with Crippen LogP contribution < -0.4 is 5.32 Å². The molecule has 0 unspecified atom stereocenters. The predicted molar refractivity (Wildman–Crippen MR) is 194 cm³/mol. The molecular formula is C40H73NO5. The van der Waals surface area contributed by atoms with E-state index in [1.807, 2.05) is 0 Å². The lowest BCUT2D eigenvalue weighted by atomic mass is 10.1. The number of rotatable bonds is 35. The first kappa shape index (κ1) is 43.9. The number of esters is 2. The van der Waals surface area contributed by atoms with Gasteiger partial charge in [0.05, 0.1) is 6.54 Å². The summed E-state index contributed by atoms with van der Waals surface area (Å²) in [7, 11) is 0. The topological polar surface area (TPSA) is 81.7 Å². The number of amides is 1. The summed E-state index contributed by atoms with van der Waals surface area (Å²) in [5.41, 5.74) is 0. The highest BCUT2D eigenvalue weighted by atomic mass is 16.5. The maximum Gasteiger partial charge on any atom is 0.306 e. The number of carbonyl (C=O) groups is 3. The molecule has 6 nitrogen and oxygen atoms in total. The van der Waals surface area contributed by atoms with Crippen molar-refractivity contribution in [1.82, 2.24) is 5.32 Å². The minimum Gasteiger partial charge on any atom is -0.464 e. The van der Waals surface area contributed by atoms with Crippen LogP contribution in [0.2, 0.25) is 0 Å².